The Morgan fingerprint density at radius 3 is 2.41 bits per heavy atom. The van der Waals surface area contributed by atoms with E-state index in [-0.39, 0.29) is 24.3 Å². The number of carbonyl (C=O) groups is 1. The van der Waals surface area contributed by atoms with Crippen molar-refractivity contribution in [2.24, 2.45) is 0 Å². The summed E-state index contributed by atoms with van der Waals surface area (Å²) in [6.07, 6.45) is -2.48. The van der Waals surface area contributed by atoms with E-state index < -0.39 is 32.5 Å². The second kappa shape index (κ2) is 9.32. The van der Waals surface area contributed by atoms with E-state index in [1.165, 1.54) is 6.08 Å². The minimum atomic E-state index is -4.69. The summed E-state index contributed by atoms with van der Waals surface area (Å²) in [7, 11) is -3.35. The molecule has 0 aliphatic rings. The van der Waals surface area contributed by atoms with Crippen molar-refractivity contribution in [1.82, 2.24) is 5.32 Å². The zero-order chi connectivity index (χ0) is 21.7. The van der Waals surface area contributed by atoms with Gasteiger partial charge in [-0.2, -0.15) is 13.2 Å². The van der Waals surface area contributed by atoms with Gasteiger partial charge in [0, 0.05) is 30.4 Å². The number of hydrogen-bond donors (Lipinski definition) is 2. The SMILES string of the molecule is CS(=O)(=O)/C=C/CNC(=O)c1cc(Cl)c(C(F)(F)F)cc1NCc1ccccc1. The molecule has 0 aliphatic carbocycles. The van der Waals surface area contributed by atoms with Crippen LogP contribution in [0.1, 0.15) is 21.5 Å². The monoisotopic (exact) mass is 446 g/mol. The number of anilines is 1. The van der Waals surface area contributed by atoms with Crippen LogP contribution in [0.3, 0.4) is 0 Å². The molecule has 0 aromatic heterocycles. The van der Waals surface area contributed by atoms with Crippen molar-refractivity contribution in [3.8, 4) is 0 Å². The number of carbonyl (C=O) groups excluding carboxylic acids is 1. The molecule has 2 aromatic rings. The fourth-order valence-electron chi connectivity index (χ4n) is 2.39. The van der Waals surface area contributed by atoms with Crippen LogP contribution in [0.25, 0.3) is 0 Å². The minimum absolute atomic E-state index is 0.0461. The number of amides is 1. The number of halogens is 4. The molecule has 1 amide bonds. The van der Waals surface area contributed by atoms with Gasteiger partial charge in [-0.15, -0.1) is 0 Å². The van der Waals surface area contributed by atoms with Crippen LogP contribution >= 0.6 is 11.6 Å². The molecule has 0 fully saturated rings. The van der Waals surface area contributed by atoms with E-state index in [9.17, 15) is 26.4 Å². The molecule has 0 saturated carbocycles. The van der Waals surface area contributed by atoms with E-state index in [4.69, 9.17) is 11.6 Å². The van der Waals surface area contributed by atoms with Gasteiger partial charge in [0.1, 0.15) is 0 Å². The number of rotatable bonds is 7. The topological polar surface area (TPSA) is 75.3 Å². The molecule has 0 unspecified atom stereocenters. The van der Waals surface area contributed by atoms with Gasteiger partial charge in [-0.1, -0.05) is 48.0 Å². The summed E-state index contributed by atoms with van der Waals surface area (Å²) in [5.74, 6) is -0.700. The maximum absolute atomic E-state index is 13.2. The van der Waals surface area contributed by atoms with Crippen molar-refractivity contribution < 1.29 is 26.4 Å². The molecule has 0 radical (unpaired) electrons. The molecular formula is C19H18ClF3N2O3S. The van der Waals surface area contributed by atoms with Crippen LogP contribution in [-0.2, 0) is 22.6 Å². The fraction of sp³-hybridized carbons (Fsp3) is 0.211. The highest BCUT2D eigenvalue weighted by Gasteiger charge is 2.34. The number of sulfone groups is 1. The van der Waals surface area contributed by atoms with Gasteiger partial charge < -0.3 is 10.6 Å². The first kappa shape index (κ1) is 22.8. The molecule has 2 N–H and O–H groups in total. The maximum atomic E-state index is 13.2. The van der Waals surface area contributed by atoms with Crippen molar-refractivity contribution in [3.05, 3.63) is 75.7 Å². The smallest absolute Gasteiger partial charge is 0.380 e. The van der Waals surface area contributed by atoms with Crippen LogP contribution in [0.2, 0.25) is 5.02 Å². The summed E-state index contributed by atoms with van der Waals surface area (Å²) < 4.78 is 61.7. The fourth-order valence-corrected chi connectivity index (χ4v) is 3.10. The molecule has 0 atom stereocenters. The van der Waals surface area contributed by atoms with Gasteiger partial charge in [-0.05, 0) is 17.7 Å². The number of benzene rings is 2. The van der Waals surface area contributed by atoms with E-state index in [0.717, 1.165) is 29.4 Å². The zero-order valence-corrected chi connectivity index (χ0v) is 16.8. The average molecular weight is 447 g/mol. The lowest BCUT2D eigenvalue weighted by atomic mass is 10.1. The number of nitrogens with one attached hydrogen (secondary N) is 2. The predicted octanol–water partition coefficient (Wildman–Crippen LogP) is 4.26. The molecule has 5 nitrogen and oxygen atoms in total. The first-order chi connectivity index (χ1) is 13.5. The quantitative estimate of drug-likeness (QED) is 0.666. The average Bonchev–Trinajstić information content (AvgIpc) is 2.63. The largest absolute Gasteiger partial charge is 0.417 e. The Balaban J connectivity index is 2.29. The third-order valence-corrected chi connectivity index (χ3v) is 4.71. The summed E-state index contributed by atoms with van der Waals surface area (Å²) in [6.45, 7) is 0.0662. The van der Waals surface area contributed by atoms with Gasteiger partial charge in [-0.3, -0.25) is 4.79 Å². The summed E-state index contributed by atoms with van der Waals surface area (Å²) in [6, 6.07) is 10.6. The van der Waals surface area contributed by atoms with E-state index >= 15 is 0 Å². The molecular weight excluding hydrogens is 429 g/mol. The van der Waals surface area contributed by atoms with Crippen molar-refractivity contribution in [2.75, 3.05) is 18.1 Å². The van der Waals surface area contributed by atoms with E-state index in [1.807, 2.05) is 0 Å². The van der Waals surface area contributed by atoms with Gasteiger partial charge >= 0.3 is 6.18 Å². The van der Waals surface area contributed by atoms with Crippen LogP contribution in [0.4, 0.5) is 18.9 Å². The molecule has 2 aromatic carbocycles. The van der Waals surface area contributed by atoms with Crippen molar-refractivity contribution >= 4 is 33.0 Å². The number of hydrogen-bond acceptors (Lipinski definition) is 4. The van der Waals surface area contributed by atoms with Crippen molar-refractivity contribution in [1.29, 1.82) is 0 Å². The molecule has 0 spiro atoms. The lowest BCUT2D eigenvalue weighted by molar-refractivity contribution is -0.137. The van der Waals surface area contributed by atoms with Gasteiger partial charge in [0.05, 0.1) is 16.1 Å². The normalized spacial score (nSPS) is 12.2. The Morgan fingerprint density at radius 1 is 1.17 bits per heavy atom. The van der Waals surface area contributed by atoms with Gasteiger partial charge in [0.25, 0.3) is 5.91 Å². The van der Waals surface area contributed by atoms with Gasteiger partial charge in [0.2, 0.25) is 0 Å². The molecule has 10 heteroatoms. The molecule has 2 rings (SSSR count). The minimum Gasteiger partial charge on any atom is -0.380 e. The Kier molecular flexibility index (Phi) is 7.32. The summed E-state index contributed by atoms with van der Waals surface area (Å²) in [5, 5.41) is 5.56. The van der Waals surface area contributed by atoms with E-state index in [0.29, 0.717) is 0 Å². The predicted molar refractivity (Wildman–Crippen MR) is 107 cm³/mol. The Hall–Kier alpha value is -2.52. The van der Waals surface area contributed by atoms with E-state index in [1.54, 1.807) is 30.3 Å². The zero-order valence-electron chi connectivity index (χ0n) is 15.3. The summed E-state index contributed by atoms with van der Waals surface area (Å²) in [4.78, 5) is 12.4. The Morgan fingerprint density at radius 2 is 1.83 bits per heavy atom. The van der Waals surface area contributed by atoms with E-state index in [2.05, 4.69) is 10.6 Å². The molecule has 0 aliphatic heterocycles. The highest BCUT2D eigenvalue weighted by atomic mass is 35.5. The molecule has 0 saturated heterocycles. The second-order valence-corrected chi connectivity index (χ2v) is 8.46. The lowest BCUT2D eigenvalue weighted by Crippen LogP contribution is -2.25. The molecule has 0 bridgehead atoms. The van der Waals surface area contributed by atoms with Crippen molar-refractivity contribution in [2.45, 2.75) is 12.7 Å². The Labute approximate surface area is 171 Å². The third-order valence-electron chi connectivity index (χ3n) is 3.71. The highest BCUT2D eigenvalue weighted by molar-refractivity contribution is 7.93. The van der Waals surface area contributed by atoms with Crippen molar-refractivity contribution in [3.63, 3.8) is 0 Å². The van der Waals surface area contributed by atoms with Crippen LogP contribution in [-0.4, -0.2) is 27.1 Å². The van der Waals surface area contributed by atoms with Crippen LogP contribution in [0.5, 0.6) is 0 Å². The summed E-state index contributed by atoms with van der Waals surface area (Å²) >= 11 is 5.75. The third kappa shape index (κ3) is 7.10. The van der Waals surface area contributed by atoms with Gasteiger partial charge in [0.15, 0.2) is 9.84 Å². The molecule has 0 heterocycles. The summed E-state index contributed by atoms with van der Waals surface area (Å²) in [5.41, 5.74) is -0.399. The first-order valence-corrected chi connectivity index (χ1v) is 10.6. The highest BCUT2D eigenvalue weighted by Crippen LogP contribution is 2.38. The second-order valence-electron chi connectivity index (χ2n) is 6.13. The maximum Gasteiger partial charge on any atom is 0.417 e. The number of alkyl halides is 3. The first-order valence-electron chi connectivity index (χ1n) is 8.30. The Bertz CT molecular complexity index is 1010. The van der Waals surface area contributed by atoms with Crippen LogP contribution < -0.4 is 10.6 Å². The van der Waals surface area contributed by atoms with Gasteiger partial charge in [-0.25, -0.2) is 8.42 Å². The molecule has 156 valence electrons. The molecule has 29 heavy (non-hydrogen) atoms. The lowest BCUT2D eigenvalue weighted by Gasteiger charge is -2.16. The van der Waals surface area contributed by atoms with Crippen LogP contribution in [0, 0.1) is 0 Å². The van der Waals surface area contributed by atoms with Crippen LogP contribution in [0.15, 0.2) is 53.9 Å². The standard InChI is InChI=1S/C19H18ClF3N2O3S/c1-29(27,28)9-5-8-24-18(26)14-10-16(20)15(19(21,22)23)11-17(14)25-12-13-6-3-2-4-7-13/h2-7,9-11,25H,8,12H2,1H3,(H,24,26)/b9-5+.